The SMILES string of the molecule is COc1ccc(CCn2c(N3CCN(C)CC3)nc3cc([N+](=O)[O-])ccc3c2=O)c(F)c1. The molecule has 10 heteroatoms. The van der Waals surface area contributed by atoms with E-state index in [9.17, 15) is 19.3 Å². The first-order valence-corrected chi connectivity index (χ1v) is 10.3. The number of benzene rings is 2. The molecule has 1 fully saturated rings. The average Bonchev–Trinajstić information content (AvgIpc) is 2.79. The summed E-state index contributed by atoms with van der Waals surface area (Å²) in [5.41, 5.74) is 0.329. The standard InChI is InChI=1S/C22H24FN5O4/c1-25-9-11-26(12-10-25)22-24-20-13-16(28(30)31)4-6-18(20)21(29)27(22)8-7-15-3-5-17(32-2)14-19(15)23/h3-6,13-14H,7-12H2,1-2H3. The molecule has 2 aromatic carbocycles. The molecular weight excluding hydrogens is 417 g/mol. The van der Waals surface area contributed by atoms with E-state index in [1.165, 1.54) is 31.4 Å². The molecule has 9 nitrogen and oxygen atoms in total. The molecule has 0 atom stereocenters. The Morgan fingerprint density at radius 1 is 1.16 bits per heavy atom. The van der Waals surface area contributed by atoms with E-state index >= 15 is 0 Å². The van der Waals surface area contributed by atoms with Gasteiger partial charge in [-0.05, 0) is 31.2 Å². The zero-order valence-corrected chi connectivity index (χ0v) is 18.0. The Labute approximate surface area is 183 Å². The number of methoxy groups -OCH3 is 1. The number of rotatable bonds is 6. The van der Waals surface area contributed by atoms with Crippen molar-refractivity contribution in [2.75, 3.05) is 45.2 Å². The number of ether oxygens (including phenoxy) is 1. The molecule has 0 radical (unpaired) electrons. The number of hydrogen-bond acceptors (Lipinski definition) is 7. The van der Waals surface area contributed by atoms with Crippen LogP contribution < -0.4 is 15.2 Å². The zero-order chi connectivity index (χ0) is 22.8. The van der Waals surface area contributed by atoms with E-state index < -0.39 is 10.7 Å². The largest absolute Gasteiger partial charge is 0.497 e. The molecule has 168 valence electrons. The third kappa shape index (κ3) is 4.26. The molecule has 3 aromatic rings. The maximum Gasteiger partial charge on any atom is 0.271 e. The summed E-state index contributed by atoms with van der Waals surface area (Å²) >= 11 is 0. The Morgan fingerprint density at radius 2 is 1.91 bits per heavy atom. The highest BCUT2D eigenvalue weighted by Gasteiger charge is 2.22. The van der Waals surface area contributed by atoms with Gasteiger partial charge in [-0.25, -0.2) is 9.37 Å². The molecule has 32 heavy (non-hydrogen) atoms. The molecule has 0 spiro atoms. The number of hydrogen-bond donors (Lipinski definition) is 0. The van der Waals surface area contributed by atoms with Crippen molar-refractivity contribution in [3.05, 3.63) is 68.2 Å². The van der Waals surface area contributed by atoms with Crippen LogP contribution in [0.1, 0.15) is 5.56 Å². The van der Waals surface area contributed by atoms with Crippen LogP contribution in [0.2, 0.25) is 0 Å². The van der Waals surface area contributed by atoms with Crippen LogP contribution in [0, 0.1) is 15.9 Å². The molecular formula is C22H24FN5O4. The van der Waals surface area contributed by atoms with Gasteiger partial charge in [0.05, 0.1) is 22.9 Å². The number of non-ortho nitro benzene ring substituents is 1. The van der Waals surface area contributed by atoms with E-state index in [-0.39, 0.29) is 29.7 Å². The summed E-state index contributed by atoms with van der Waals surface area (Å²) in [6.07, 6.45) is 0.288. The minimum Gasteiger partial charge on any atom is -0.497 e. The van der Waals surface area contributed by atoms with Crippen molar-refractivity contribution in [2.24, 2.45) is 0 Å². The van der Waals surface area contributed by atoms with Gasteiger partial charge in [0.2, 0.25) is 5.95 Å². The lowest BCUT2D eigenvalue weighted by atomic mass is 10.1. The van der Waals surface area contributed by atoms with Crippen LogP contribution in [-0.4, -0.2) is 59.7 Å². The molecule has 2 heterocycles. The molecule has 0 saturated carbocycles. The van der Waals surface area contributed by atoms with Crippen LogP contribution in [0.15, 0.2) is 41.2 Å². The maximum atomic E-state index is 14.4. The Hall–Kier alpha value is -3.53. The van der Waals surface area contributed by atoms with Crippen LogP contribution in [-0.2, 0) is 13.0 Å². The molecule has 0 unspecified atom stereocenters. The fourth-order valence-corrected chi connectivity index (χ4v) is 3.85. The van der Waals surface area contributed by atoms with Gasteiger partial charge in [0.25, 0.3) is 11.2 Å². The number of nitro benzene ring substituents is 1. The number of piperazine rings is 1. The van der Waals surface area contributed by atoms with Crippen LogP contribution >= 0.6 is 0 Å². The van der Waals surface area contributed by atoms with Gasteiger partial charge in [-0.3, -0.25) is 19.5 Å². The third-order valence-corrected chi connectivity index (χ3v) is 5.78. The summed E-state index contributed by atoms with van der Waals surface area (Å²) in [4.78, 5) is 32.9. The number of halogens is 1. The number of likely N-dealkylation sites (N-methyl/N-ethyl adjacent to an activating group) is 1. The molecule has 0 aliphatic carbocycles. The number of anilines is 1. The smallest absolute Gasteiger partial charge is 0.271 e. The summed E-state index contributed by atoms with van der Waals surface area (Å²) in [6, 6.07) is 8.70. The van der Waals surface area contributed by atoms with Crippen LogP contribution in [0.3, 0.4) is 0 Å². The highest BCUT2D eigenvalue weighted by atomic mass is 19.1. The van der Waals surface area contributed by atoms with Gasteiger partial charge in [0.1, 0.15) is 11.6 Å². The Bertz CT molecular complexity index is 1220. The van der Waals surface area contributed by atoms with Crippen LogP contribution in [0.25, 0.3) is 10.9 Å². The van der Waals surface area contributed by atoms with Crippen molar-refractivity contribution in [1.29, 1.82) is 0 Å². The highest BCUT2D eigenvalue weighted by molar-refractivity contribution is 5.81. The van der Waals surface area contributed by atoms with E-state index in [1.54, 1.807) is 16.7 Å². The van der Waals surface area contributed by atoms with Gasteiger partial charge in [-0.15, -0.1) is 0 Å². The van der Waals surface area contributed by atoms with Crippen molar-refractivity contribution in [3.63, 3.8) is 0 Å². The van der Waals surface area contributed by atoms with E-state index in [2.05, 4.69) is 9.88 Å². The van der Waals surface area contributed by atoms with E-state index in [1.807, 2.05) is 11.9 Å². The lowest BCUT2D eigenvalue weighted by molar-refractivity contribution is -0.384. The van der Waals surface area contributed by atoms with Crippen LogP contribution in [0.5, 0.6) is 5.75 Å². The van der Waals surface area contributed by atoms with Crippen molar-refractivity contribution in [2.45, 2.75) is 13.0 Å². The quantitative estimate of drug-likeness (QED) is 0.428. The van der Waals surface area contributed by atoms with Gasteiger partial charge in [-0.1, -0.05) is 6.07 Å². The van der Waals surface area contributed by atoms with Crippen LogP contribution in [0.4, 0.5) is 16.0 Å². The number of aromatic nitrogens is 2. The van der Waals surface area contributed by atoms with E-state index in [4.69, 9.17) is 4.74 Å². The molecule has 0 amide bonds. The third-order valence-electron chi connectivity index (χ3n) is 5.78. The summed E-state index contributed by atoms with van der Waals surface area (Å²) in [7, 11) is 3.50. The Morgan fingerprint density at radius 3 is 2.56 bits per heavy atom. The number of aryl methyl sites for hydroxylation is 1. The summed E-state index contributed by atoms with van der Waals surface area (Å²) in [5.74, 6) is 0.475. The topological polar surface area (TPSA) is 93.7 Å². The van der Waals surface area contributed by atoms with Gasteiger partial charge in [0.15, 0.2) is 0 Å². The minimum atomic E-state index is -0.505. The lowest BCUT2D eigenvalue weighted by Gasteiger charge is -2.34. The summed E-state index contributed by atoms with van der Waals surface area (Å²) < 4.78 is 21.0. The van der Waals surface area contributed by atoms with E-state index in [0.29, 0.717) is 35.7 Å². The molecule has 1 aliphatic heterocycles. The average molecular weight is 441 g/mol. The first kappa shape index (κ1) is 21.7. The van der Waals surface area contributed by atoms with Crippen molar-refractivity contribution >= 4 is 22.5 Å². The van der Waals surface area contributed by atoms with Gasteiger partial charge < -0.3 is 14.5 Å². The second-order valence-electron chi connectivity index (χ2n) is 7.82. The summed E-state index contributed by atoms with van der Waals surface area (Å²) in [6.45, 7) is 3.16. The fraction of sp³-hybridized carbons (Fsp3) is 0.364. The lowest BCUT2D eigenvalue weighted by Crippen LogP contribution is -2.47. The minimum absolute atomic E-state index is 0.119. The van der Waals surface area contributed by atoms with Crippen molar-refractivity contribution in [1.82, 2.24) is 14.5 Å². The van der Waals surface area contributed by atoms with Crippen molar-refractivity contribution in [3.8, 4) is 5.75 Å². The Kier molecular flexibility index (Phi) is 6.04. The fourth-order valence-electron chi connectivity index (χ4n) is 3.85. The monoisotopic (exact) mass is 441 g/mol. The number of fused-ring (bicyclic) bond motifs is 1. The molecule has 0 N–H and O–H groups in total. The van der Waals surface area contributed by atoms with Crippen molar-refractivity contribution < 1.29 is 14.1 Å². The normalized spacial score (nSPS) is 14.7. The predicted molar refractivity (Wildman–Crippen MR) is 119 cm³/mol. The predicted octanol–water partition coefficient (Wildman–Crippen LogP) is 2.45. The van der Waals surface area contributed by atoms with Gasteiger partial charge in [-0.2, -0.15) is 0 Å². The molecule has 1 saturated heterocycles. The Balaban J connectivity index is 1.75. The summed E-state index contributed by atoms with van der Waals surface area (Å²) in [5, 5.41) is 11.5. The first-order chi connectivity index (χ1) is 15.4. The molecule has 4 rings (SSSR count). The second-order valence-corrected chi connectivity index (χ2v) is 7.82. The van der Waals surface area contributed by atoms with Gasteiger partial charge >= 0.3 is 0 Å². The van der Waals surface area contributed by atoms with E-state index in [0.717, 1.165) is 13.1 Å². The maximum absolute atomic E-state index is 14.4. The molecule has 0 bridgehead atoms. The molecule has 1 aliphatic rings. The highest BCUT2D eigenvalue weighted by Crippen LogP contribution is 2.22. The van der Waals surface area contributed by atoms with Gasteiger partial charge in [0, 0.05) is 50.9 Å². The zero-order valence-electron chi connectivity index (χ0n) is 18.0. The molecule has 1 aromatic heterocycles. The number of nitro groups is 1. The first-order valence-electron chi connectivity index (χ1n) is 10.3. The number of nitrogens with zero attached hydrogens (tertiary/aromatic N) is 5. The second kappa shape index (κ2) is 8.91.